The van der Waals surface area contributed by atoms with Crippen LogP contribution in [0.3, 0.4) is 0 Å². The Kier molecular flexibility index (Phi) is 25.7. The summed E-state index contributed by atoms with van der Waals surface area (Å²) in [5, 5.41) is 31.4. The molecule has 0 radical (unpaired) electrons. The number of hydrogen-bond acceptors (Lipinski definition) is 18. The highest BCUT2D eigenvalue weighted by Gasteiger charge is 2.21. The van der Waals surface area contributed by atoms with Crippen molar-refractivity contribution in [1.29, 1.82) is 0 Å². The second-order valence-electron chi connectivity index (χ2n) is 26.1. The number of morpholine rings is 2. The number of nitrogens with two attached hydrogens (primary N) is 1. The summed E-state index contributed by atoms with van der Waals surface area (Å²) in [7, 11) is 0. The van der Waals surface area contributed by atoms with Crippen LogP contribution in [-0.4, -0.2) is 179 Å². The fourth-order valence-electron chi connectivity index (χ4n) is 12.1. The summed E-state index contributed by atoms with van der Waals surface area (Å²) < 4.78 is 25.6. The quantitative estimate of drug-likeness (QED) is 0.0292. The second-order valence-corrected chi connectivity index (χ2v) is 26.1. The van der Waals surface area contributed by atoms with Gasteiger partial charge in [-0.3, -0.25) is 19.8 Å². The number of imidazole rings is 2. The van der Waals surface area contributed by atoms with Crippen molar-refractivity contribution in [3.8, 4) is 11.5 Å². The first-order valence-corrected chi connectivity index (χ1v) is 33.6. The lowest BCUT2D eigenvalue weighted by Gasteiger charge is -2.27. The Morgan fingerprint density at radius 2 is 0.979 bits per heavy atom. The van der Waals surface area contributed by atoms with Gasteiger partial charge in [0.05, 0.1) is 61.6 Å². The van der Waals surface area contributed by atoms with Crippen molar-refractivity contribution < 1.29 is 34.0 Å². The Labute approximate surface area is 556 Å². The van der Waals surface area contributed by atoms with Gasteiger partial charge in [0, 0.05) is 115 Å². The molecule has 4 aromatic heterocycles. The van der Waals surface area contributed by atoms with Gasteiger partial charge in [-0.05, 0) is 207 Å². The number of rotatable bonds is 25. The number of carbonyl (C=O) groups excluding carboxylic acids is 1. The van der Waals surface area contributed by atoms with Crippen molar-refractivity contribution in [3.05, 3.63) is 153 Å². The second kappa shape index (κ2) is 34.4. The minimum absolute atomic E-state index is 0.162. The number of nitrogens with one attached hydrogen (secondary N) is 3. The lowest BCUT2D eigenvalue weighted by molar-refractivity contribution is 0.0378. The average molecular weight is 1290 g/mol. The van der Waals surface area contributed by atoms with Crippen molar-refractivity contribution >= 4 is 51.4 Å². The molecule has 3 aliphatic heterocycles. The maximum Gasteiger partial charge on any atom is 0.407 e. The van der Waals surface area contributed by atoms with Crippen molar-refractivity contribution in [3.63, 3.8) is 0 Å². The van der Waals surface area contributed by atoms with Crippen LogP contribution in [0.5, 0.6) is 11.5 Å². The van der Waals surface area contributed by atoms with E-state index in [1.54, 1.807) is 12.1 Å². The number of amides is 1. The standard InChI is InChI=1S/C37H51N7O4.C32H43N7O2.C4H8O/c1-26-20-27(2)22-30(21-26)43(15-13-39-36(46)48-37(4,5)6)24-29-9-10-31-33(23-29)44(25-32-34(45)11-8-28(3)40-32)35(41-31)38-12-7-14-42-16-18-47-19-17-42;1-23-17-24(2)19-27(18-23)38(12-9-33)21-26-6-7-28-30(20-26)39(22-29-31(40)8-5-25(3)35-29)32(36-28)34-10-4-11-37-13-15-41-16-14-37;1-2-4-5-3-1/h8-11,20-23,45H,7,12-19,24-25H2,1-6H3,(H,38,41)(H,39,46);5-8,17-20,40H,4,9-16,21-22,33H2,1-3H3,(H,34,36);1-4H2. The molecule has 0 aliphatic carbocycles. The highest BCUT2D eigenvalue weighted by Crippen LogP contribution is 2.30. The molecule has 0 spiro atoms. The lowest BCUT2D eigenvalue weighted by Crippen LogP contribution is -2.38. The fourth-order valence-corrected chi connectivity index (χ4v) is 12.1. The molecule has 8 aromatic rings. The molecule has 0 bridgehead atoms. The molecule has 3 saturated heterocycles. The third kappa shape index (κ3) is 21.2. The van der Waals surface area contributed by atoms with Crippen LogP contribution in [0, 0.1) is 41.5 Å². The lowest BCUT2D eigenvalue weighted by atomic mass is 10.1. The van der Waals surface area contributed by atoms with Gasteiger partial charge in [0.15, 0.2) is 0 Å². The summed E-state index contributed by atoms with van der Waals surface area (Å²) >= 11 is 0. The van der Waals surface area contributed by atoms with Crippen LogP contribution in [-0.2, 0) is 45.1 Å². The summed E-state index contributed by atoms with van der Waals surface area (Å²) in [5.74, 6) is 1.89. The minimum atomic E-state index is -0.559. The number of benzene rings is 4. The number of nitrogens with zero attached hydrogens (tertiary/aromatic N) is 10. The van der Waals surface area contributed by atoms with E-state index in [1.165, 1.54) is 46.3 Å². The number of ether oxygens (including phenoxy) is 4. The molecule has 7 N–H and O–H groups in total. The van der Waals surface area contributed by atoms with E-state index in [0.717, 1.165) is 175 Å². The highest BCUT2D eigenvalue weighted by atomic mass is 16.6. The number of pyridine rings is 2. The zero-order chi connectivity index (χ0) is 66.6. The Hall–Kier alpha value is -8.05. The monoisotopic (exact) mass is 1290 g/mol. The van der Waals surface area contributed by atoms with E-state index in [0.29, 0.717) is 50.7 Å². The fraction of sp³-hybridized carbons (Fsp3) is 0.493. The third-order valence-electron chi connectivity index (χ3n) is 16.7. The third-order valence-corrected chi connectivity index (χ3v) is 16.7. The molecule has 0 atom stereocenters. The number of aryl methyl sites for hydroxylation is 6. The van der Waals surface area contributed by atoms with E-state index in [4.69, 9.17) is 34.6 Å². The molecular weight excluding hydrogens is 1180 g/mol. The van der Waals surface area contributed by atoms with Gasteiger partial charge in [0.1, 0.15) is 28.5 Å². The predicted octanol–water partition coefficient (Wildman–Crippen LogP) is 10.8. The number of carbonyl (C=O) groups is 1. The molecule has 1 amide bonds. The van der Waals surface area contributed by atoms with Gasteiger partial charge in [-0.25, -0.2) is 14.8 Å². The van der Waals surface area contributed by atoms with E-state index in [1.807, 2.05) is 46.8 Å². The average Bonchev–Trinajstić information content (AvgIpc) is 1.67. The van der Waals surface area contributed by atoms with E-state index < -0.39 is 11.7 Å². The molecule has 21 heteroatoms. The van der Waals surface area contributed by atoms with Gasteiger partial charge in [-0.2, -0.15) is 0 Å². The highest BCUT2D eigenvalue weighted by molar-refractivity contribution is 5.81. The van der Waals surface area contributed by atoms with Crippen LogP contribution in [0.1, 0.15) is 103 Å². The van der Waals surface area contributed by atoms with Crippen LogP contribution >= 0.6 is 0 Å². The summed E-state index contributed by atoms with van der Waals surface area (Å²) in [6.45, 7) is 35.1. The molecule has 21 nitrogen and oxygen atoms in total. The molecule has 506 valence electrons. The predicted molar refractivity (Wildman–Crippen MR) is 377 cm³/mol. The van der Waals surface area contributed by atoms with E-state index in [9.17, 15) is 15.0 Å². The van der Waals surface area contributed by atoms with Gasteiger partial charge < -0.3 is 69.8 Å². The smallest absolute Gasteiger partial charge is 0.407 e. The number of anilines is 4. The van der Waals surface area contributed by atoms with Crippen LogP contribution in [0.2, 0.25) is 0 Å². The number of hydrogen-bond donors (Lipinski definition) is 6. The van der Waals surface area contributed by atoms with Gasteiger partial charge in [0.2, 0.25) is 11.9 Å². The normalized spacial score (nSPS) is 14.5. The number of fused-ring (bicyclic) bond motifs is 2. The van der Waals surface area contributed by atoms with Crippen molar-refractivity contribution in [2.24, 2.45) is 5.73 Å². The summed E-state index contributed by atoms with van der Waals surface area (Å²) in [5.41, 5.74) is 21.5. The maximum absolute atomic E-state index is 12.4. The Morgan fingerprint density at radius 3 is 1.38 bits per heavy atom. The molecule has 4 aromatic carbocycles. The summed E-state index contributed by atoms with van der Waals surface area (Å²) in [4.78, 5) is 41.1. The molecular formula is C73H102N14O7. The van der Waals surface area contributed by atoms with Gasteiger partial charge in [-0.1, -0.05) is 24.3 Å². The first-order chi connectivity index (χ1) is 45.3. The van der Waals surface area contributed by atoms with E-state index in [-0.39, 0.29) is 11.5 Å². The SMILES string of the molecule is C1CCOC1.Cc1cc(C)cc(N(CCN)Cc2ccc3nc(NCCCN4CCOCC4)n(Cc4nc(C)ccc4O)c3c2)c1.Cc1cc(C)cc(N(CCNC(=O)OC(C)(C)C)Cc2ccc3nc(NCCCN4CCOCC4)n(Cc4nc(C)ccc4O)c3c2)c1. The van der Waals surface area contributed by atoms with Crippen molar-refractivity contribution in [2.45, 2.75) is 120 Å². The van der Waals surface area contributed by atoms with E-state index in [2.05, 4.69) is 155 Å². The molecule has 3 aliphatic rings. The van der Waals surface area contributed by atoms with Gasteiger partial charge in [0.25, 0.3) is 0 Å². The number of alkyl carbamates (subject to hydrolysis) is 1. The van der Waals surface area contributed by atoms with Gasteiger partial charge >= 0.3 is 6.09 Å². The number of aromatic nitrogens is 6. The van der Waals surface area contributed by atoms with Crippen LogP contribution < -0.4 is 31.5 Å². The molecule has 3 fully saturated rings. The van der Waals surface area contributed by atoms with E-state index >= 15 is 0 Å². The Morgan fingerprint density at radius 1 is 0.553 bits per heavy atom. The summed E-state index contributed by atoms with van der Waals surface area (Å²) in [6, 6.07) is 33.0. The zero-order valence-electron chi connectivity index (χ0n) is 57.1. The molecule has 11 rings (SSSR count). The van der Waals surface area contributed by atoms with Crippen LogP contribution in [0.15, 0.2) is 97.1 Å². The first kappa shape index (κ1) is 70.3. The molecule has 0 saturated carbocycles. The maximum atomic E-state index is 12.4. The Bertz CT molecular complexity index is 3670. The topological polar surface area (TPSA) is 231 Å². The van der Waals surface area contributed by atoms with Crippen LogP contribution in [0.4, 0.5) is 28.1 Å². The molecule has 7 heterocycles. The first-order valence-electron chi connectivity index (χ1n) is 33.6. The van der Waals surface area contributed by atoms with Gasteiger partial charge in [-0.15, -0.1) is 0 Å². The minimum Gasteiger partial charge on any atom is -0.506 e. The zero-order valence-corrected chi connectivity index (χ0v) is 57.1. The summed E-state index contributed by atoms with van der Waals surface area (Å²) in [6.07, 6.45) is 4.11. The van der Waals surface area contributed by atoms with Crippen LogP contribution in [0.25, 0.3) is 22.1 Å². The molecule has 94 heavy (non-hydrogen) atoms. The molecule has 0 unspecified atom stereocenters. The van der Waals surface area contributed by atoms with Crippen molar-refractivity contribution in [2.75, 3.05) is 139 Å². The van der Waals surface area contributed by atoms with Crippen molar-refractivity contribution in [1.82, 2.24) is 44.2 Å². The number of aromatic hydroxyl groups is 2. The largest absolute Gasteiger partial charge is 0.506 e. The Balaban J connectivity index is 0.000000208.